The second kappa shape index (κ2) is 4.77. The molecule has 0 N–H and O–H groups in total. The van der Waals surface area contributed by atoms with E-state index in [1.54, 1.807) is 12.2 Å². The monoisotopic (exact) mass is 197 g/mol. The lowest BCUT2D eigenvalue weighted by atomic mass is 10.2. The number of pyridine rings is 1. The molecule has 0 aliphatic carbocycles. The van der Waals surface area contributed by atoms with Crippen LogP contribution in [-0.4, -0.2) is 17.0 Å². The van der Waals surface area contributed by atoms with Gasteiger partial charge in [-0.1, -0.05) is 12.2 Å². The predicted molar refractivity (Wildman–Crippen MR) is 52.5 cm³/mol. The normalized spacial score (nSPS) is 10.6. The highest BCUT2D eigenvalue weighted by Crippen LogP contribution is 2.06. The average molecular weight is 197 g/mol. The van der Waals surface area contributed by atoms with Crippen molar-refractivity contribution in [1.82, 2.24) is 4.98 Å². The summed E-state index contributed by atoms with van der Waals surface area (Å²) in [6, 6.07) is 1.44. The van der Waals surface area contributed by atoms with Crippen LogP contribution in [0.25, 0.3) is 6.08 Å². The minimum Gasteiger partial charge on any atom is -0.298 e. The summed E-state index contributed by atoms with van der Waals surface area (Å²) in [5.41, 5.74) is 0.666. The number of carbonyl (C=O) groups is 1. The van der Waals surface area contributed by atoms with Gasteiger partial charge in [0.1, 0.15) is 0 Å². The Balaban J connectivity index is 2.99. The number of aldehydes is 1. The van der Waals surface area contributed by atoms with Crippen LogP contribution in [0.15, 0.2) is 18.3 Å². The molecule has 0 atom stereocenters. The fraction of sp³-hybridized carbons (Fsp3) is 0.111. The molecule has 1 heterocycles. The Morgan fingerprint density at radius 1 is 1.62 bits per heavy atom. The minimum absolute atomic E-state index is 0.0266. The Kier molecular flexibility index (Phi) is 3.64. The highest BCUT2D eigenvalue weighted by Gasteiger charge is 2.01. The number of carbonyl (C=O) groups excluding carboxylic acids is 1. The van der Waals surface area contributed by atoms with E-state index in [1.165, 1.54) is 12.3 Å². The van der Waals surface area contributed by atoms with Gasteiger partial charge in [-0.3, -0.25) is 4.79 Å². The molecule has 0 aliphatic heterocycles. The first-order chi connectivity index (χ1) is 6.27. The van der Waals surface area contributed by atoms with Gasteiger partial charge in [0.15, 0.2) is 6.29 Å². The lowest BCUT2D eigenvalue weighted by Gasteiger charge is -1.95. The van der Waals surface area contributed by atoms with Crippen LogP contribution in [0.5, 0.6) is 0 Å². The maximum absolute atomic E-state index is 12.7. The zero-order valence-corrected chi connectivity index (χ0v) is 7.67. The quantitative estimate of drug-likeness (QED) is 0.456. The van der Waals surface area contributed by atoms with Gasteiger partial charge in [-0.25, -0.2) is 4.98 Å². The predicted octanol–water partition coefficient (Wildman–Crippen LogP) is 1.98. The number of nitrogens with zero attached hydrogens (tertiary/aromatic N) is 1. The van der Waals surface area contributed by atoms with Crippen molar-refractivity contribution in [2.45, 2.75) is 0 Å². The van der Waals surface area contributed by atoms with E-state index in [4.69, 9.17) is 0 Å². The van der Waals surface area contributed by atoms with Gasteiger partial charge >= 0.3 is 0 Å². The molecule has 0 amide bonds. The lowest BCUT2D eigenvalue weighted by Crippen LogP contribution is -1.92. The maximum Gasteiger partial charge on any atom is 0.223 e. The number of thiol groups is 1. The molecular formula is C9H8FNOS. The van der Waals surface area contributed by atoms with E-state index >= 15 is 0 Å². The molecule has 13 heavy (non-hydrogen) atoms. The zero-order chi connectivity index (χ0) is 9.68. The zero-order valence-electron chi connectivity index (χ0n) is 6.77. The Morgan fingerprint density at radius 3 is 3.00 bits per heavy atom. The molecule has 0 radical (unpaired) electrons. The number of hydrogen-bond donors (Lipinski definition) is 1. The van der Waals surface area contributed by atoms with E-state index in [0.717, 1.165) is 0 Å². The second-order valence-corrected chi connectivity index (χ2v) is 2.72. The van der Waals surface area contributed by atoms with Crippen molar-refractivity contribution in [3.05, 3.63) is 35.4 Å². The van der Waals surface area contributed by atoms with Gasteiger partial charge in [-0.15, -0.1) is 0 Å². The van der Waals surface area contributed by atoms with Gasteiger partial charge in [0.25, 0.3) is 0 Å². The van der Waals surface area contributed by atoms with Crippen LogP contribution in [0, 0.1) is 5.95 Å². The fourth-order valence-electron chi connectivity index (χ4n) is 0.845. The Bertz CT molecular complexity index is 338. The van der Waals surface area contributed by atoms with Crippen molar-refractivity contribution in [1.29, 1.82) is 0 Å². The topological polar surface area (TPSA) is 30.0 Å². The van der Waals surface area contributed by atoms with Crippen LogP contribution in [0.3, 0.4) is 0 Å². The summed E-state index contributed by atoms with van der Waals surface area (Å²) in [5, 5.41) is 0. The Morgan fingerprint density at radius 2 is 2.38 bits per heavy atom. The number of halogens is 1. The van der Waals surface area contributed by atoms with Crippen LogP contribution in [0.4, 0.5) is 4.39 Å². The van der Waals surface area contributed by atoms with Crippen LogP contribution in [-0.2, 0) is 0 Å². The number of hydrogen-bond acceptors (Lipinski definition) is 3. The molecular weight excluding hydrogens is 189 g/mol. The molecule has 0 aromatic carbocycles. The maximum atomic E-state index is 12.7. The summed E-state index contributed by atoms with van der Waals surface area (Å²) >= 11 is 3.97. The smallest absolute Gasteiger partial charge is 0.223 e. The van der Waals surface area contributed by atoms with E-state index in [-0.39, 0.29) is 5.56 Å². The standard InChI is InChI=1S/C9H8FNOS/c10-9-8(6-12)4-7(5-11-9)2-1-3-13/h1-2,4-6,13H,3H2. The highest BCUT2D eigenvalue weighted by atomic mass is 32.1. The summed E-state index contributed by atoms with van der Waals surface area (Å²) in [4.78, 5) is 13.8. The molecule has 0 unspecified atom stereocenters. The third-order valence-electron chi connectivity index (χ3n) is 1.43. The molecule has 2 nitrogen and oxygen atoms in total. The van der Waals surface area contributed by atoms with Gasteiger partial charge in [-0.2, -0.15) is 17.0 Å². The molecule has 0 spiro atoms. The van der Waals surface area contributed by atoms with Crippen molar-refractivity contribution in [3.8, 4) is 0 Å². The largest absolute Gasteiger partial charge is 0.298 e. The van der Waals surface area contributed by atoms with Crippen LogP contribution in [0.2, 0.25) is 0 Å². The van der Waals surface area contributed by atoms with E-state index < -0.39 is 5.95 Å². The summed E-state index contributed by atoms with van der Waals surface area (Å²) < 4.78 is 12.7. The van der Waals surface area contributed by atoms with E-state index in [0.29, 0.717) is 17.6 Å². The average Bonchev–Trinajstić information content (AvgIpc) is 2.16. The Hall–Kier alpha value is -1.16. The summed E-state index contributed by atoms with van der Waals surface area (Å²) in [7, 11) is 0. The van der Waals surface area contributed by atoms with Gasteiger partial charge < -0.3 is 0 Å². The molecule has 0 saturated carbocycles. The SMILES string of the molecule is O=Cc1cc(C=CCS)cnc1F. The lowest BCUT2D eigenvalue weighted by molar-refractivity contribution is 0.111. The summed E-state index contributed by atoms with van der Waals surface area (Å²) in [5.74, 6) is -0.147. The molecule has 0 bridgehead atoms. The van der Waals surface area contributed by atoms with Crippen LogP contribution < -0.4 is 0 Å². The van der Waals surface area contributed by atoms with Crippen molar-refractivity contribution >= 4 is 25.0 Å². The van der Waals surface area contributed by atoms with E-state index in [2.05, 4.69) is 17.6 Å². The number of rotatable bonds is 3. The summed E-state index contributed by atoms with van der Waals surface area (Å²) in [6.45, 7) is 0. The molecule has 0 aliphatic rings. The molecule has 68 valence electrons. The minimum atomic E-state index is -0.738. The third kappa shape index (κ3) is 2.66. The first-order valence-electron chi connectivity index (χ1n) is 3.66. The van der Waals surface area contributed by atoms with Gasteiger partial charge in [-0.05, 0) is 11.6 Å². The molecule has 4 heteroatoms. The molecule has 1 rings (SSSR count). The molecule has 1 aromatic heterocycles. The Labute approximate surface area is 80.9 Å². The van der Waals surface area contributed by atoms with Crippen LogP contribution in [0.1, 0.15) is 15.9 Å². The number of aromatic nitrogens is 1. The van der Waals surface area contributed by atoms with Crippen molar-refractivity contribution in [2.75, 3.05) is 5.75 Å². The highest BCUT2D eigenvalue weighted by molar-refractivity contribution is 7.80. The van der Waals surface area contributed by atoms with Gasteiger partial charge in [0.2, 0.25) is 5.95 Å². The van der Waals surface area contributed by atoms with Gasteiger partial charge in [0.05, 0.1) is 5.56 Å². The van der Waals surface area contributed by atoms with E-state index in [1.807, 2.05) is 0 Å². The molecule has 1 aromatic rings. The summed E-state index contributed by atoms with van der Waals surface area (Å²) in [6.07, 6.45) is 5.32. The molecule has 0 fully saturated rings. The fourth-order valence-corrected chi connectivity index (χ4v) is 0.950. The third-order valence-corrected chi connectivity index (χ3v) is 1.64. The van der Waals surface area contributed by atoms with Crippen molar-refractivity contribution in [3.63, 3.8) is 0 Å². The van der Waals surface area contributed by atoms with Crippen molar-refractivity contribution in [2.24, 2.45) is 0 Å². The molecule has 0 saturated heterocycles. The van der Waals surface area contributed by atoms with Crippen molar-refractivity contribution < 1.29 is 9.18 Å². The van der Waals surface area contributed by atoms with Crippen LogP contribution >= 0.6 is 12.6 Å². The van der Waals surface area contributed by atoms with E-state index in [9.17, 15) is 9.18 Å². The second-order valence-electron chi connectivity index (χ2n) is 2.35. The first-order valence-corrected chi connectivity index (χ1v) is 4.29. The first kappa shape index (κ1) is 9.92. The van der Waals surface area contributed by atoms with Gasteiger partial charge in [0, 0.05) is 11.9 Å².